The smallest absolute Gasteiger partial charge is 0.224 e. The molecule has 1 heterocycles. The minimum Gasteiger partial charge on any atom is -0.355 e. The predicted octanol–water partition coefficient (Wildman–Crippen LogP) is 1.01. The van der Waals surface area contributed by atoms with E-state index in [1.165, 1.54) is 0 Å². The molecular weight excluding hydrogens is 190 g/mol. The molecule has 5 heteroatoms. The molecule has 0 fully saturated rings. The van der Waals surface area contributed by atoms with Gasteiger partial charge in [-0.15, -0.1) is 10.2 Å². The van der Waals surface area contributed by atoms with Crippen molar-refractivity contribution in [2.75, 3.05) is 11.9 Å². The molecule has 0 amide bonds. The van der Waals surface area contributed by atoms with Crippen LogP contribution in [0.1, 0.15) is 33.0 Å². The third kappa shape index (κ3) is 2.92. The molecule has 1 atom stereocenters. The summed E-state index contributed by atoms with van der Waals surface area (Å²) in [6, 6.07) is 0.175. The number of anilines is 1. The molecule has 1 aromatic rings. The van der Waals surface area contributed by atoms with E-state index in [1.807, 2.05) is 6.92 Å². The highest BCUT2D eigenvalue weighted by Gasteiger charge is 2.12. The quantitative estimate of drug-likeness (QED) is 0.737. The first-order valence-electron chi connectivity index (χ1n) is 5.64. The molecule has 0 aromatic carbocycles. The maximum atomic E-state index is 5.91. The molecule has 86 valence electrons. The van der Waals surface area contributed by atoms with Crippen LogP contribution >= 0.6 is 0 Å². The molecule has 5 nitrogen and oxygen atoms in total. The number of nitrogens with two attached hydrogens (primary N) is 1. The summed E-state index contributed by atoms with van der Waals surface area (Å²) < 4.78 is 2.08. The lowest BCUT2D eigenvalue weighted by Crippen LogP contribution is -2.23. The van der Waals surface area contributed by atoms with Gasteiger partial charge in [-0.3, -0.25) is 4.57 Å². The van der Waals surface area contributed by atoms with E-state index in [9.17, 15) is 0 Å². The summed E-state index contributed by atoms with van der Waals surface area (Å²) in [6.07, 6.45) is 1.76. The maximum Gasteiger partial charge on any atom is 0.224 e. The minimum absolute atomic E-state index is 0.175. The van der Waals surface area contributed by atoms with Crippen LogP contribution in [0.15, 0.2) is 0 Å². The molecule has 3 N–H and O–H groups in total. The van der Waals surface area contributed by atoms with Gasteiger partial charge in [-0.25, -0.2) is 0 Å². The predicted molar refractivity (Wildman–Crippen MR) is 61.8 cm³/mol. The molecule has 0 aliphatic carbocycles. The van der Waals surface area contributed by atoms with Crippen molar-refractivity contribution >= 4 is 5.95 Å². The zero-order valence-electron chi connectivity index (χ0n) is 9.82. The molecular formula is C10H21N5. The van der Waals surface area contributed by atoms with Gasteiger partial charge in [-0.1, -0.05) is 6.92 Å². The van der Waals surface area contributed by atoms with Crippen LogP contribution in [0.5, 0.6) is 0 Å². The first-order valence-corrected chi connectivity index (χ1v) is 5.64. The van der Waals surface area contributed by atoms with Gasteiger partial charge in [0.15, 0.2) is 0 Å². The maximum absolute atomic E-state index is 5.91. The summed E-state index contributed by atoms with van der Waals surface area (Å²) in [5.41, 5.74) is 5.91. The molecule has 0 aliphatic heterocycles. The fourth-order valence-corrected chi connectivity index (χ4v) is 1.49. The Balaban J connectivity index is 2.79. The van der Waals surface area contributed by atoms with Gasteiger partial charge in [-0.2, -0.15) is 0 Å². The summed E-state index contributed by atoms with van der Waals surface area (Å²) in [6.45, 7) is 7.96. The third-order valence-corrected chi connectivity index (χ3v) is 2.45. The second-order valence-electron chi connectivity index (χ2n) is 3.59. The zero-order valence-corrected chi connectivity index (χ0v) is 9.82. The molecule has 15 heavy (non-hydrogen) atoms. The van der Waals surface area contributed by atoms with Crippen LogP contribution in [0, 0.1) is 0 Å². The van der Waals surface area contributed by atoms with Gasteiger partial charge in [0.25, 0.3) is 0 Å². The summed E-state index contributed by atoms with van der Waals surface area (Å²) in [4.78, 5) is 0. The average molecular weight is 211 g/mol. The van der Waals surface area contributed by atoms with E-state index in [0.29, 0.717) is 0 Å². The number of aromatic nitrogens is 3. The highest BCUT2D eigenvalue weighted by Crippen LogP contribution is 2.09. The summed E-state index contributed by atoms with van der Waals surface area (Å²) in [5.74, 6) is 1.82. The van der Waals surface area contributed by atoms with Gasteiger partial charge < -0.3 is 11.1 Å². The van der Waals surface area contributed by atoms with Gasteiger partial charge in [0, 0.05) is 25.6 Å². The van der Waals surface area contributed by atoms with E-state index < -0.39 is 0 Å². The highest BCUT2D eigenvalue weighted by atomic mass is 15.3. The topological polar surface area (TPSA) is 68.8 Å². The lowest BCUT2D eigenvalue weighted by atomic mass is 10.1. The van der Waals surface area contributed by atoms with Gasteiger partial charge in [0.2, 0.25) is 5.95 Å². The lowest BCUT2D eigenvalue weighted by molar-refractivity contribution is 0.592. The number of hydrogen-bond donors (Lipinski definition) is 2. The van der Waals surface area contributed by atoms with Crippen LogP contribution in [0.4, 0.5) is 5.95 Å². The van der Waals surface area contributed by atoms with Gasteiger partial charge in [0.1, 0.15) is 5.82 Å². The Kier molecular flexibility index (Phi) is 4.55. The third-order valence-electron chi connectivity index (χ3n) is 2.45. The van der Waals surface area contributed by atoms with Crippen molar-refractivity contribution in [3.05, 3.63) is 5.82 Å². The van der Waals surface area contributed by atoms with E-state index >= 15 is 0 Å². The Morgan fingerprint density at radius 3 is 2.60 bits per heavy atom. The van der Waals surface area contributed by atoms with Crippen LogP contribution < -0.4 is 11.1 Å². The van der Waals surface area contributed by atoms with Crippen molar-refractivity contribution in [1.29, 1.82) is 0 Å². The second-order valence-corrected chi connectivity index (χ2v) is 3.59. The van der Waals surface area contributed by atoms with Crippen LogP contribution in [-0.4, -0.2) is 27.4 Å². The van der Waals surface area contributed by atoms with Gasteiger partial charge in [0.05, 0.1) is 0 Å². The van der Waals surface area contributed by atoms with Gasteiger partial charge in [-0.05, 0) is 20.3 Å². The molecule has 0 bridgehead atoms. The Labute approximate surface area is 91.1 Å². The molecule has 1 aromatic heterocycles. The lowest BCUT2D eigenvalue weighted by Gasteiger charge is -2.10. The molecule has 0 spiro atoms. The van der Waals surface area contributed by atoms with E-state index in [-0.39, 0.29) is 6.04 Å². The molecule has 0 radical (unpaired) electrons. The summed E-state index contributed by atoms with van der Waals surface area (Å²) in [7, 11) is 0. The molecule has 1 unspecified atom stereocenters. The van der Waals surface area contributed by atoms with Crippen molar-refractivity contribution in [1.82, 2.24) is 14.8 Å². The van der Waals surface area contributed by atoms with Crippen molar-refractivity contribution in [2.24, 2.45) is 5.73 Å². The fraction of sp³-hybridized carbons (Fsp3) is 0.800. The first kappa shape index (κ1) is 12.0. The normalized spacial score (nSPS) is 12.8. The van der Waals surface area contributed by atoms with Crippen LogP contribution in [0.25, 0.3) is 0 Å². The highest BCUT2D eigenvalue weighted by molar-refractivity contribution is 5.25. The Morgan fingerprint density at radius 2 is 2.07 bits per heavy atom. The average Bonchev–Trinajstić information content (AvgIpc) is 2.61. The van der Waals surface area contributed by atoms with Crippen LogP contribution in [0.2, 0.25) is 0 Å². The molecule has 0 aliphatic rings. The van der Waals surface area contributed by atoms with Crippen LogP contribution in [-0.2, 0) is 13.0 Å². The van der Waals surface area contributed by atoms with Crippen molar-refractivity contribution < 1.29 is 0 Å². The summed E-state index contributed by atoms with van der Waals surface area (Å²) in [5, 5.41) is 11.5. The standard InChI is InChI=1S/C10H21N5/c1-4-8(11)7-9-13-14-10(12-5-2)15(9)6-3/h8H,4-7,11H2,1-3H3,(H,12,14). The Morgan fingerprint density at radius 1 is 1.33 bits per heavy atom. The first-order chi connectivity index (χ1) is 7.22. The fourth-order valence-electron chi connectivity index (χ4n) is 1.49. The Bertz CT molecular complexity index is 294. The molecule has 1 rings (SSSR count). The summed E-state index contributed by atoms with van der Waals surface area (Å²) >= 11 is 0. The van der Waals surface area contributed by atoms with E-state index in [1.54, 1.807) is 0 Å². The van der Waals surface area contributed by atoms with E-state index in [0.717, 1.165) is 37.7 Å². The van der Waals surface area contributed by atoms with Crippen molar-refractivity contribution in [3.8, 4) is 0 Å². The second kappa shape index (κ2) is 5.70. The van der Waals surface area contributed by atoms with E-state index in [2.05, 4.69) is 33.9 Å². The minimum atomic E-state index is 0.175. The molecule has 0 saturated heterocycles. The Hall–Kier alpha value is -1.10. The number of rotatable bonds is 6. The number of hydrogen-bond acceptors (Lipinski definition) is 4. The van der Waals surface area contributed by atoms with Gasteiger partial charge >= 0.3 is 0 Å². The van der Waals surface area contributed by atoms with Crippen molar-refractivity contribution in [2.45, 2.75) is 46.2 Å². The van der Waals surface area contributed by atoms with E-state index in [4.69, 9.17) is 5.73 Å². The largest absolute Gasteiger partial charge is 0.355 e. The van der Waals surface area contributed by atoms with Crippen molar-refractivity contribution in [3.63, 3.8) is 0 Å². The monoisotopic (exact) mass is 211 g/mol. The van der Waals surface area contributed by atoms with Crippen LogP contribution in [0.3, 0.4) is 0 Å². The number of nitrogens with zero attached hydrogens (tertiary/aromatic N) is 3. The SMILES string of the molecule is CCNc1nnc(CC(N)CC)n1CC. The molecule has 0 saturated carbocycles. The number of nitrogens with one attached hydrogen (secondary N) is 1. The zero-order chi connectivity index (χ0) is 11.3.